The number of nitrogens with one attached hydrogen (secondary N) is 2. The van der Waals surface area contributed by atoms with Gasteiger partial charge in [-0.15, -0.1) is 0 Å². The van der Waals surface area contributed by atoms with Crippen molar-refractivity contribution in [3.05, 3.63) is 78.3 Å². The Morgan fingerprint density at radius 1 is 1.12 bits per heavy atom. The van der Waals surface area contributed by atoms with Crippen LogP contribution in [0.5, 0.6) is 0 Å². The van der Waals surface area contributed by atoms with E-state index in [0.717, 1.165) is 55.9 Å². The first-order chi connectivity index (χ1) is 15.4. The first-order valence-corrected chi connectivity index (χ1v) is 11.7. The zero-order valence-corrected chi connectivity index (χ0v) is 20.0. The van der Waals surface area contributed by atoms with E-state index in [1.165, 1.54) is 11.3 Å². The molecule has 1 aromatic carbocycles. The smallest absolute Gasteiger partial charge is 0.223 e. The Balaban J connectivity index is 1.67. The average molecular weight is 432 g/mol. The summed E-state index contributed by atoms with van der Waals surface area (Å²) in [4.78, 5) is 11.7. The predicted molar refractivity (Wildman–Crippen MR) is 135 cm³/mol. The summed E-state index contributed by atoms with van der Waals surface area (Å²) in [5.74, 6) is 0.651. The summed E-state index contributed by atoms with van der Waals surface area (Å²) in [5, 5.41) is 6.80. The van der Waals surface area contributed by atoms with Gasteiger partial charge in [-0.25, -0.2) is 9.97 Å². The van der Waals surface area contributed by atoms with Gasteiger partial charge in [-0.05, 0) is 50.8 Å². The molecule has 0 saturated carbocycles. The molecule has 1 aliphatic rings. The number of anilines is 1. The lowest BCUT2D eigenvalue weighted by Crippen LogP contribution is -2.36. The Hall–Kier alpha value is -3.08. The molecule has 1 atom stereocenters. The highest BCUT2D eigenvalue weighted by molar-refractivity contribution is 5.60. The maximum Gasteiger partial charge on any atom is 0.223 e. The standard InChI is InChI=1S/C27H37N5/c1-6-18-32(19-7-2)24-12-15-27(5,16-13-24)31-26-28-17-14-25(30-26)23-10-8-22(9-11-23)20-29-21(3)4/h8-15,17,29H,3,6-7,16,18-20H2,1-2,4-5H3,(H,28,30,31). The van der Waals surface area contributed by atoms with Crippen molar-refractivity contribution in [2.75, 3.05) is 18.4 Å². The van der Waals surface area contributed by atoms with Crippen LogP contribution in [0, 0.1) is 0 Å². The number of hydrogen-bond donors (Lipinski definition) is 2. The molecule has 5 heteroatoms. The molecule has 1 aliphatic carbocycles. The molecule has 0 saturated heterocycles. The van der Waals surface area contributed by atoms with Crippen LogP contribution >= 0.6 is 0 Å². The fourth-order valence-corrected chi connectivity index (χ4v) is 3.84. The molecule has 2 aromatic rings. The summed E-state index contributed by atoms with van der Waals surface area (Å²) in [6.45, 7) is 15.5. The molecule has 2 N–H and O–H groups in total. The maximum atomic E-state index is 4.78. The summed E-state index contributed by atoms with van der Waals surface area (Å²) >= 11 is 0. The van der Waals surface area contributed by atoms with Gasteiger partial charge in [-0.2, -0.15) is 0 Å². The third-order valence-corrected chi connectivity index (χ3v) is 5.61. The van der Waals surface area contributed by atoms with Crippen LogP contribution in [0.2, 0.25) is 0 Å². The van der Waals surface area contributed by atoms with Crippen LogP contribution in [0.3, 0.4) is 0 Å². The normalized spacial score (nSPS) is 17.6. The summed E-state index contributed by atoms with van der Waals surface area (Å²) in [6.07, 6.45) is 11.9. The van der Waals surface area contributed by atoms with Crippen LogP contribution in [0.4, 0.5) is 5.95 Å². The van der Waals surface area contributed by atoms with E-state index in [1.807, 2.05) is 19.2 Å². The van der Waals surface area contributed by atoms with Gasteiger partial charge in [0.2, 0.25) is 5.95 Å². The van der Waals surface area contributed by atoms with Crippen molar-refractivity contribution < 1.29 is 0 Å². The summed E-state index contributed by atoms with van der Waals surface area (Å²) < 4.78 is 0. The minimum atomic E-state index is -0.204. The van der Waals surface area contributed by atoms with Crippen LogP contribution in [0.1, 0.15) is 52.5 Å². The number of aromatic nitrogens is 2. The lowest BCUT2D eigenvalue weighted by Gasteiger charge is -2.33. The first kappa shape index (κ1) is 23.6. The van der Waals surface area contributed by atoms with Crippen molar-refractivity contribution in [3.8, 4) is 11.3 Å². The van der Waals surface area contributed by atoms with E-state index in [2.05, 4.69) is 90.4 Å². The van der Waals surface area contributed by atoms with E-state index in [4.69, 9.17) is 4.98 Å². The van der Waals surface area contributed by atoms with Gasteiger partial charge in [-0.3, -0.25) is 0 Å². The summed E-state index contributed by atoms with van der Waals surface area (Å²) in [6, 6.07) is 10.4. The lowest BCUT2D eigenvalue weighted by atomic mass is 9.92. The van der Waals surface area contributed by atoms with Gasteiger partial charge in [0.05, 0.1) is 11.2 Å². The number of benzene rings is 1. The minimum absolute atomic E-state index is 0.204. The summed E-state index contributed by atoms with van der Waals surface area (Å²) in [7, 11) is 0. The Morgan fingerprint density at radius 3 is 2.44 bits per heavy atom. The van der Waals surface area contributed by atoms with Crippen LogP contribution < -0.4 is 10.6 Å². The van der Waals surface area contributed by atoms with Gasteiger partial charge in [0.1, 0.15) is 0 Å². The number of nitrogens with zero attached hydrogens (tertiary/aromatic N) is 3. The average Bonchev–Trinajstić information content (AvgIpc) is 2.78. The molecule has 0 spiro atoms. The largest absolute Gasteiger partial charge is 0.385 e. The second-order valence-corrected chi connectivity index (χ2v) is 8.79. The van der Waals surface area contributed by atoms with Crippen LogP contribution in [0.15, 0.2) is 72.7 Å². The van der Waals surface area contributed by atoms with Gasteiger partial charge in [-0.1, -0.05) is 56.8 Å². The molecule has 1 aromatic heterocycles. The van der Waals surface area contributed by atoms with Crippen molar-refractivity contribution in [2.45, 2.75) is 59.0 Å². The van der Waals surface area contributed by atoms with Gasteiger partial charge < -0.3 is 15.5 Å². The topological polar surface area (TPSA) is 53.1 Å². The Bertz CT molecular complexity index is 954. The molecule has 0 radical (unpaired) electrons. The number of hydrogen-bond acceptors (Lipinski definition) is 5. The van der Waals surface area contributed by atoms with Crippen molar-refractivity contribution in [2.24, 2.45) is 0 Å². The fraction of sp³-hybridized carbons (Fsp3) is 0.407. The van der Waals surface area contributed by atoms with Gasteiger partial charge >= 0.3 is 0 Å². The third kappa shape index (κ3) is 6.46. The number of allylic oxidation sites excluding steroid dienone is 2. The van der Waals surface area contributed by atoms with Crippen molar-refractivity contribution >= 4 is 5.95 Å². The molecule has 5 nitrogen and oxygen atoms in total. The first-order valence-electron chi connectivity index (χ1n) is 11.7. The molecule has 3 rings (SSSR count). The highest BCUT2D eigenvalue weighted by Gasteiger charge is 2.24. The van der Waals surface area contributed by atoms with E-state index in [1.54, 1.807) is 0 Å². The van der Waals surface area contributed by atoms with Crippen molar-refractivity contribution in [3.63, 3.8) is 0 Å². The van der Waals surface area contributed by atoms with Crippen molar-refractivity contribution in [1.82, 2.24) is 20.2 Å². The highest BCUT2D eigenvalue weighted by atomic mass is 15.2. The molecule has 32 heavy (non-hydrogen) atoms. The minimum Gasteiger partial charge on any atom is -0.385 e. The van der Waals surface area contributed by atoms with Crippen LogP contribution in [-0.4, -0.2) is 33.5 Å². The Morgan fingerprint density at radius 2 is 1.84 bits per heavy atom. The lowest BCUT2D eigenvalue weighted by molar-refractivity contribution is 0.350. The molecular formula is C27H37N5. The van der Waals surface area contributed by atoms with E-state index in [9.17, 15) is 0 Å². The fourth-order valence-electron chi connectivity index (χ4n) is 3.84. The monoisotopic (exact) mass is 431 g/mol. The maximum absolute atomic E-state index is 4.78. The Labute approximate surface area is 193 Å². The molecule has 0 aliphatic heterocycles. The van der Waals surface area contributed by atoms with Gasteiger partial charge in [0.25, 0.3) is 0 Å². The molecule has 1 heterocycles. The zero-order chi connectivity index (χ0) is 23.0. The summed E-state index contributed by atoms with van der Waals surface area (Å²) in [5.41, 5.74) is 5.30. The third-order valence-electron chi connectivity index (χ3n) is 5.61. The second kappa shape index (κ2) is 11.0. The molecule has 170 valence electrons. The van der Waals surface area contributed by atoms with E-state index >= 15 is 0 Å². The highest BCUT2D eigenvalue weighted by Crippen LogP contribution is 2.27. The molecule has 1 unspecified atom stereocenters. The Kier molecular flexibility index (Phi) is 8.09. The quantitative estimate of drug-likeness (QED) is 0.464. The van der Waals surface area contributed by atoms with Crippen LogP contribution in [-0.2, 0) is 6.54 Å². The second-order valence-electron chi connectivity index (χ2n) is 8.79. The van der Waals surface area contributed by atoms with Crippen LogP contribution in [0.25, 0.3) is 11.3 Å². The van der Waals surface area contributed by atoms with Gasteiger partial charge in [0.15, 0.2) is 0 Å². The van der Waals surface area contributed by atoms with E-state index in [-0.39, 0.29) is 5.54 Å². The van der Waals surface area contributed by atoms with Crippen molar-refractivity contribution in [1.29, 1.82) is 0 Å². The number of rotatable bonds is 11. The molecule has 0 amide bonds. The zero-order valence-electron chi connectivity index (χ0n) is 20.0. The molecule has 0 bridgehead atoms. The van der Waals surface area contributed by atoms with E-state index < -0.39 is 0 Å². The van der Waals surface area contributed by atoms with E-state index in [0.29, 0.717) is 5.95 Å². The SMILES string of the molecule is C=C(C)NCc1ccc(-c2ccnc(NC3(C)C=CC(N(CCC)CCC)=CC3)n2)cc1. The predicted octanol–water partition coefficient (Wildman–Crippen LogP) is 5.90. The van der Waals surface area contributed by atoms with Gasteiger partial charge in [0, 0.05) is 42.8 Å². The molecule has 0 fully saturated rings. The molecular weight excluding hydrogens is 394 g/mol.